The van der Waals surface area contributed by atoms with Crippen LogP contribution < -0.4 is 0 Å². The fraction of sp³-hybridized carbons (Fsp3) is 0.500. The Bertz CT molecular complexity index is 898. The van der Waals surface area contributed by atoms with E-state index < -0.39 is 35.8 Å². The van der Waals surface area contributed by atoms with Crippen molar-refractivity contribution in [2.45, 2.75) is 56.9 Å². The van der Waals surface area contributed by atoms with Crippen molar-refractivity contribution in [1.82, 2.24) is 0 Å². The highest BCUT2D eigenvalue weighted by atomic mass is 32.2. The maximum Gasteiger partial charge on any atom is 0.346 e. The molecule has 0 fully saturated rings. The van der Waals surface area contributed by atoms with Crippen LogP contribution in [0.4, 0.5) is 0 Å². The lowest BCUT2D eigenvalue weighted by molar-refractivity contribution is -0.143. The van der Waals surface area contributed by atoms with E-state index in [1.54, 1.807) is 20.8 Å². The lowest BCUT2D eigenvalue weighted by atomic mass is 10.0. The van der Waals surface area contributed by atoms with Crippen molar-refractivity contribution in [2.75, 3.05) is 19.8 Å². The number of hydrogen-bond donors (Lipinski definition) is 1. The van der Waals surface area contributed by atoms with E-state index in [4.69, 9.17) is 13.8 Å². The van der Waals surface area contributed by atoms with E-state index in [-0.39, 0.29) is 25.7 Å². The Hall–Kier alpha value is -1.63. The van der Waals surface area contributed by atoms with Crippen molar-refractivity contribution in [2.24, 2.45) is 5.92 Å². The Morgan fingerprint density at radius 3 is 1.82 bits per heavy atom. The largest absolute Gasteiger partial charge is 0.465 e. The van der Waals surface area contributed by atoms with Crippen LogP contribution in [0.1, 0.15) is 57.1 Å². The number of aliphatic hydroxyl groups excluding tert-OH is 1. The molecule has 8 heteroatoms. The van der Waals surface area contributed by atoms with Crippen LogP contribution in [0.2, 0.25) is 0 Å². The summed E-state index contributed by atoms with van der Waals surface area (Å²) in [4.78, 5) is 13.2. The number of aliphatic hydroxyl groups is 1. The van der Waals surface area contributed by atoms with Crippen LogP contribution in [0, 0.1) is 5.92 Å². The molecule has 4 atom stereocenters. The van der Waals surface area contributed by atoms with E-state index in [9.17, 15) is 14.5 Å². The van der Waals surface area contributed by atoms with Gasteiger partial charge in [-0.15, -0.1) is 11.8 Å². The van der Waals surface area contributed by atoms with Crippen LogP contribution in [0.5, 0.6) is 0 Å². The van der Waals surface area contributed by atoms with E-state index in [1.807, 2.05) is 74.5 Å². The second kappa shape index (κ2) is 14.1. The molecule has 0 saturated carbocycles. The molecule has 0 amide bonds. The zero-order valence-electron chi connectivity index (χ0n) is 20.6. The molecule has 2 rings (SSSR count). The minimum atomic E-state index is -3.85. The maximum atomic E-state index is 13.9. The summed E-state index contributed by atoms with van der Waals surface area (Å²) in [5.74, 6) is -0.706. The molecule has 0 bridgehead atoms. The SMILES string of the molecule is CCOC(=O)C(C(SC(c1ccccc1)C(O)c1ccccc1)C(C)C)P(=O)(OCC)OCC. The van der Waals surface area contributed by atoms with Gasteiger partial charge in [0.05, 0.1) is 31.2 Å². The first-order valence-electron chi connectivity index (χ1n) is 11.8. The maximum absolute atomic E-state index is 13.9. The van der Waals surface area contributed by atoms with Crippen molar-refractivity contribution in [1.29, 1.82) is 0 Å². The molecule has 188 valence electrons. The summed E-state index contributed by atoms with van der Waals surface area (Å²) < 4.78 is 30.5. The monoisotopic (exact) mass is 508 g/mol. The van der Waals surface area contributed by atoms with Gasteiger partial charge in [0.1, 0.15) is 0 Å². The molecule has 1 N–H and O–H groups in total. The van der Waals surface area contributed by atoms with Crippen LogP contribution >= 0.6 is 19.4 Å². The van der Waals surface area contributed by atoms with Crippen molar-refractivity contribution in [3.8, 4) is 0 Å². The van der Waals surface area contributed by atoms with Gasteiger partial charge in [0.25, 0.3) is 0 Å². The first-order valence-corrected chi connectivity index (χ1v) is 14.3. The molecule has 0 aliphatic rings. The van der Waals surface area contributed by atoms with Crippen LogP contribution in [-0.4, -0.2) is 41.8 Å². The molecule has 6 nitrogen and oxygen atoms in total. The third-order valence-corrected chi connectivity index (χ3v) is 9.92. The molecule has 2 aromatic rings. The Morgan fingerprint density at radius 1 is 0.882 bits per heavy atom. The average molecular weight is 509 g/mol. The fourth-order valence-electron chi connectivity index (χ4n) is 3.80. The van der Waals surface area contributed by atoms with Gasteiger partial charge < -0.3 is 18.9 Å². The van der Waals surface area contributed by atoms with Crippen LogP contribution in [0.15, 0.2) is 60.7 Å². The number of benzene rings is 2. The Morgan fingerprint density at radius 2 is 1.38 bits per heavy atom. The minimum absolute atomic E-state index is 0.0946. The third-order valence-electron chi connectivity index (χ3n) is 5.31. The van der Waals surface area contributed by atoms with Gasteiger partial charge in [0, 0.05) is 5.25 Å². The van der Waals surface area contributed by atoms with E-state index >= 15 is 0 Å². The molecule has 2 aromatic carbocycles. The van der Waals surface area contributed by atoms with Crippen LogP contribution in [-0.2, 0) is 23.1 Å². The zero-order chi connectivity index (χ0) is 25.1. The van der Waals surface area contributed by atoms with Crippen molar-refractivity contribution in [3.63, 3.8) is 0 Å². The van der Waals surface area contributed by atoms with Crippen LogP contribution in [0.25, 0.3) is 0 Å². The Kier molecular flexibility index (Phi) is 11.8. The van der Waals surface area contributed by atoms with Crippen molar-refractivity contribution in [3.05, 3.63) is 71.8 Å². The van der Waals surface area contributed by atoms with Crippen molar-refractivity contribution < 1.29 is 28.3 Å². The van der Waals surface area contributed by atoms with E-state index in [1.165, 1.54) is 11.8 Å². The highest BCUT2D eigenvalue weighted by Crippen LogP contribution is 2.59. The first kappa shape index (κ1) is 28.6. The molecular weight excluding hydrogens is 471 g/mol. The molecule has 0 radical (unpaired) electrons. The number of esters is 1. The lowest BCUT2D eigenvalue weighted by Gasteiger charge is -2.36. The molecular formula is C26H37O6PS. The van der Waals surface area contributed by atoms with Gasteiger partial charge in [-0.3, -0.25) is 9.36 Å². The van der Waals surface area contributed by atoms with Crippen molar-refractivity contribution >= 4 is 25.3 Å². The molecule has 4 unspecified atom stereocenters. The molecule has 0 aromatic heterocycles. The zero-order valence-corrected chi connectivity index (χ0v) is 22.3. The third kappa shape index (κ3) is 7.43. The van der Waals surface area contributed by atoms with Gasteiger partial charge in [-0.05, 0) is 37.8 Å². The van der Waals surface area contributed by atoms with Gasteiger partial charge in [-0.25, -0.2) is 0 Å². The Labute approximate surface area is 207 Å². The lowest BCUT2D eigenvalue weighted by Crippen LogP contribution is -2.39. The summed E-state index contributed by atoms with van der Waals surface area (Å²) in [6.07, 6.45) is -0.851. The number of carbonyl (C=O) groups excluding carboxylic acids is 1. The normalized spacial score (nSPS) is 15.5. The summed E-state index contributed by atoms with van der Waals surface area (Å²) in [6.45, 7) is 9.50. The Balaban J connectivity index is 2.57. The van der Waals surface area contributed by atoms with Crippen LogP contribution in [0.3, 0.4) is 0 Å². The molecule has 0 aliphatic heterocycles. The summed E-state index contributed by atoms with van der Waals surface area (Å²) in [5.41, 5.74) is 0.531. The molecule has 0 aliphatic carbocycles. The fourth-order valence-corrected chi connectivity index (χ4v) is 8.14. The van der Waals surface area contributed by atoms with Gasteiger partial charge in [0.15, 0.2) is 5.66 Å². The first-order chi connectivity index (χ1) is 16.3. The summed E-state index contributed by atoms with van der Waals surface area (Å²) in [7, 11) is -3.85. The summed E-state index contributed by atoms with van der Waals surface area (Å²) >= 11 is 1.41. The second-order valence-electron chi connectivity index (χ2n) is 8.10. The quantitative estimate of drug-likeness (QED) is 0.233. The highest BCUT2D eigenvalue weighted by molar-refractivity contribution is 8.00. The predicted molar refractivity (Wildman–Crippen MR) is 138 cm³/mol. The minimum Gasteiger partial charge on any atom is -0.465 e. The van der Waals surface area contributed by atoms with E-state index in [2.05, 4.69) is 0 Å². The number of hydrogen-bond acceptors (Lipinski definition) is 7. The molecule has 0 heterocycles. The second-order valence-corrected chi connectivity index (χ2v) is 11.6. The summed E-state index contributed by atoms with van der Waals surface area (Å²) in [6, 6.07) is 19.1. The van der Waals surface area contributed by atoms with Gasteiger partial charge in [-0.2, -0.15) is 0 Å². The standard InChI is InChI=1S/C26H37O6PS/c1-6-30-26(28)23(33(29,31-7-2)32-8-3)24(19(4)5)34-25(21-17-13-10-14-18-21)22(27)20-15-11-9-12-16-20/h9-19,22-25,27H,6-8H2,1-5H3. The number of thioether (sulfide) groups is 1. The van der Waals surface area contributed by atoms with E-state index in [0.29, 0.717) is 0 Å². The highest BCUT2D eigenvalue weighted by Gasteiger charge is 2.50. The molecule has 0 saturated heterocycles. The van der Waals surface area contributed by atoms with E-state index in [0.717, 1.165) is 11.1 Å². The van der Waals surface area contributed by atoms with Gasteiger partial charge in [-0.1, -0.05) is 74.5 Å². The number of rotatable bonds is 14. The molecule has 34 heavy (non-hydrogen) atoms. The smallest absolute Gasteiger partial charge is 0.346 e. The number of ether oxygens (including phenoxy) is 1. The topological polar surface area (TPSA) is 82.1 Å². The number of carbonyl (C=O) groups is 1. The summed E-state index contributed by atoms with van der Waals surface area (Å²) in [5, 5.41) is 10.5. The predicted octanol–water partition coefficient (Wildman–Crippen LogP) is 6.42. The van der Waals surface area contributed by atoms with Gasteiger partial charge >= 0.3 is 13.6 Å². The molecule has 0 spiro atoms. The average Bonchev–Trinajstić information content (AvgIpc) is 2.82. The van der Waals surface area contributed by atoms with Gasteiger partial charge in [0.2, 0.25) is 0 Å².